The molecule has 21 heavy (non-hydrogen) atoms. The summed E-state index contributed by atoms with van der Waals surface area (Å²) in [5.74, 6) is -0.0416. The van der Waals surface area contributed by atoms with Crippen LogP contribution in [0.4, 0.5) is 5.69 Å². The summed E-state index contributed by atoms with van der Waals surface area (Å²) in [5, 5.41) is 3.12. The molecule has 4 heteroatoms. The van der Waals surface area contributed by atoms with Crippen LogP contribution >= 0.6 is 15.9 Å². The Bertz CT molecular complexity index is 684. The Morgan fingerprint density at radius 1 is 1.19 bits per heavy atom. The molecule has 0 saturated carbocycles. The number of rotatable bonds is 2. The van der Waals surface area contributed by atoms with Gasteiger partial charge in [0.05, 0.1) is 0 Å². The largest absolute Gasteiger partial charge is 0.398 e. The highest BCUT2D eigenvalue weighted by molar-refractivity contribution is 9.10. The molecule has 0 spiro atoms. The fourth-order valence-corrected chi connectivity index (χ4v) is 3.14. The molecule has 1 atom stereocenters. The number of benzene rings is 2. The molecule has 1 unspecified atom stereocenters. The Morgan fingerprint density at radius 3 is 2.71 bits per heavy atom. The molecule has 1 aliphatic carbocycles. The van der Waals surface area contributed by atoms with Crippen molar-refractivity contribution in [1.82, 2.24) is 5.32 Å². The van der Waals surface area contributed by atoms with E-state index in [2.05, 4.69) is 45.5 Å². The Hall–Kier alpha value is -1.81. The van der Waals surface area contributed by atoms with Gasteiger partial charge in [0.1, 0.15) is 0 Å². The highest BCUT2D eigenvalue weighted by Gasteiger charge is 2.20. The van der Waals surface area contributed by atoms with Crippen molar-refractivity contribution in [3.63, 3.8) is 0 Å². The number of carbonyl (C=O) groups is 1. The van der Waals surface area contributed by atoms with Crippen LogP contribution in [0.2, 0.25) is 0 Å². The minimum Gasteiger partial charge on any atom is -0.398 e. The van der Waals surface area contributed by atoms with Gasteiger partial charge < -0.3 is 11.1 Å². The topological polar surface area (TPSA) is 55.1 Å². The Labute approximate surface area is 132 Å². The molecule has 2 aromatic rings. The summed E-state index contributed by atoms with van der Waals surface area (Å²) in [6.07, 6.45) is 2.91. The zero-order valence-electron chi connectivity index (χ0n) is 11.6. The third-order valence-corrected chi connectivity index (χ3v) is 4.63. The molecule has 3 nitrogen and oxygen atoms in total. The quantitative estimate of drug-likeness (QED) is 0.821. The molecule has 0 aromatic heterocycles. The van der Waals surface area contributed by atoms with E-state index in [1.165, 1.54) is 11.1 Å². The Morgan fingerprint density at radius 2 is 1.95 bits per heavy atom. The van der Waals surface area contributed by atoms with E-state index in [0.29, 0.717) is 11.3 Å². The molecule has 1 aliphatic rings. The standard InChI is InChI=1S/C17H17BrN2O/c18-15-10-13(6-8-16(15)19)17(21)20-14-7-5-11-3-1-2-4-12(11)9-14/h1-4,6,8,10,14H,5,7,9,19H2,(H,20,21). The lowest BCUT2D eigenvalue weighted by Gasteiger charge is -2.25. The average Bonchev–Trinajstić information content (AvgIpc) is 2.50. The lowest BCUT2D eigenvalue weighted by atomic mass is 9.88. The van der Waals surface area contributed by atoms with Crippen molar-refractivity contribution < 1.29 is 4.79 Å². The van der Waals surface area contributed by atoms with Gasteiger partial charge >= 0.3 is 0 Å². The zero-order valence-corrected chi connectivity index (χ0v) is 13.2. The number of nitrogen functional groups attached to an aromatic ring is 1. The number of halogens is 1. The van der Waals surface area contributed by atoms with Gasteiger partial charge in [0, 0.05) is 21.8 Å². The van der Waals surface area contributed by atoms with Gasteiger partial charge in [-0.3, -0.25) is 4.79 Å². The third-order valence-electron chi connectivity index (χ3n) is 3.94. The molecular formula is C17H17BrN2O. The molecule has 3 rings (SSSR count). The Balaban J connectivity index is 1.70. The van der Waals surface area contributed by atoms with Gasteiger partial charge in [-0.05, 0) is 64.5 Å². The summed E-state index contributed by atoms with van der Waals surface area (Å²) in [4.78, 5) is 12.3. The third kappa shape index (κ3) is 3.10. The first-order chi connectivity index (χ1) is 10.1. The fraction of sp³-hybridized carbons (Fsp3) is 0.235. The number of hydrogen-bond donors (Lipinski definition) is 2. The molecule has 0 heterocycles. The van der Waals surface area contributed by atoms with E-state index in [-0.39, 0.29) is 11.9 Å². The van der Waals surface area contributed by atoms with Crippen LogP contribution in [0.3, 0.4) is 0 Å². The van der Waals surface area contributed by atoms with Gasteiger partial charge in [0.25, 0.3) is 5.91 Å². The summed E-state index contributed by atoms with van der Waals surface area (Å²) in [7, 11) is 0. The summed E-state index contributed by atoms with van der Waals surface area (Å²) < 4.78 is 0.754. The second-order valence-corrected chi connectivity index (χ2v) is 6.27. The van der Waals surface area contributed by atoms with Crippen LogP contribution in [-0.4, -0.2) is 11.9 Å². The van der Waals surface area contributed by atoms with Crippen LogP contribution in [0, 0.1) is 0 Å². The van der Waals surface area contributed by atoms with E-state index in [9.17, 15) is 4.79 Å². The molecule has 108 valence electrons. The zero-order chi connectivity index (χ0) is 14.8. The predicted molar refractivity (Wildman–Crippen MR) is 88.3 cm³/mol. The summed E-state index contributed by atoms with van der Waals surface area (Å²) in [5.41, 5.74) is 9.76. The van der Waals surface area contributed by atoms with Crippen LogP contribution in [0.25, 0.3) is 0 Å². The van der Waals surface area contributed by atoms with Crippen molar-refractivity contribution in [3.05, 3.63) is 63.6 Å². The van der Waals surface area contributed by atoms with Gasteiger partial charge in [-0.1, -0.05) is 24.3 Å². The molecule has 3 N–H and O–H groups in total. The van der Waals surface area contributed by atoms with Crippen molar-refractivity contribution >= 4 is 27.5 Å². The van der Waals surface area contributed by atoms with Gasteiger partial charge in [-0.15, -0.1) is 0 Å². The second-order valence-electron chi connectivity index (χ2n) is 5.42. The summed E-state index contributed by atoms with van der Waals surface area (Å²) in [6, 6.07) is 13.9. The van der Waals surface area contributed by atoms with Gasteiger partial charge in [0.15, 0.2) is 0 Å². The smallest absolute Gasteiger partial charge is 0.251 e. The molecule has 0 bridgehead atoms. The maximum atomic E-state index is 12.3. The fourth-order valence-electron chi connectivity index (χ4n) is 2.76. The predicted octanol–water partition coefficient (Wildman–Crippen LogP) is 3.32. The maximum Gasteiger partial charge on any atom is 0.251 e. The molecule has 2 aromatic carbocycles. The highest BCUT2D eigenvalue weighted by atomic mass is 79.9. The number of nitrogens with one attached hydrogen (secondary N) is 1. The van der Waals surface area contributed by atoms with Crippen LogP contribution in [0.15, 0.2) is 46.9 Å². The van der Waals surface area contributed by atoms with Gasteiger partial charge in [-0.2, -0.15) is 0 Å². The highest BCUT2D eigenvalue weighted by Crippen LogP contribution is 2.23. The van der Waals surface area contributed by atoms with Crippen molar-refractivity contribution in [1.29, 1.82) is 0 Å². The lowest BCUT2D eigenvalue weighted by molar-refractivity contribution is 0.0933. The number of hydrogen-bond acceptors (Lipinski definition) is 2. The number of anilines is 1. The first kappa shape index (κ1) is 14.1. The van der Waals surface area contributed by atoms with Crippen molar-refractivity contribution in [2.45, 2.75) is 25.3 Å². The van der Waals surface area contributed by atoms with Crippen molar-refractivity contribution in [2.75, 3.05) is 5.73 Å². The summed E-state index contributed by atoms with van der Waals surface area (Å²) in [6.45, 7) is 0. The van der Waals surface area contributed by atoms with Crippen LogP contribution in [0.5, 0.6) is 0 Å². The van der Waals surface area contributed by atoms with Crippen LogP contribution in [0.1, 0.15) is 27.9 Å². The SMILES string of the molecule is Nc1ccc(C(=O)NC2CCc3ccccc3C2)cc1Br. The number of carbonyl (C=O) groups excluding carboxylic acids is 1. The van der Waals surface area contributed by atoms with Crippen molar-refractivity contribution in [2.24, 2.45) is 0 Å². The molecule has 0 fully saturated rings. The maximum absolute atomic E-state index is 12.3. The van der Waals surface area contributed by atoms with E-state index >= 15 is 0 Å². The molecule has 0 saturated heterocycles. The van der Waals surface area contributed by atoms with Crippen LogP contribution < -0.4 is 11.1 Å². The Kier molecular flexibility index (Phi) is 3.97. The number of fused-ring (bicyclic) bond motifs is 1. The molecule has 0 aliphatic heterocycles. The van der Waals surface area contributed by atoms with Gasteiger partial charge in [-0.25, -0.2) is 0 Å². The average molecular weight is 345 g/mol. The normalized spacial score (nSPS) is 17.1. The molecule has 1 amide bonds. The first-order valence-electron chi connectivity index (χ1n) is 7.06. The monoisotopic (exact) mass is 344 g/mol. The molecular weight excluding hydrogens is 328 g/mol. The number of amides is 1. The minimum atomic E-state index is -0.0416. The minimum absolute atomic E-state index is 0.0416. The second kappa shape index (κ2) is 5.90. The van der Waals surface area contributed by atoms with E-state index in [1.54, 1.807) is 18.2 Å². The van der Waals surface area contributed by atoms with E-state index in [0.717, 1.165) is 23.7 Å². The summed E-state index contributed by atoms with van der Waals surface area (Å²) >= 11 is 3.36. The van der Waals surface area contributed by atoms with E-state index in [1.807, 2.05) is 0 Å². The van der Waals surface area contributed by atoms with E-state index < -0.39 is 0 Å². The first-order valence-corrected chi connectivity index (χ1v) is 7.85. The molecule has 0 radical (unpaired) electrons. The lowest BCUT2D eigenvalue weighted by Crippen LogP contribution is -2.38. The van der Waals surface area contributed by atoms with Crippen molar-refractivity contribution in [3.8, 4) is 0 Å². The van der Waals surface area contributed by atoms with Crippen LogP contribution in [-0.2, 0) is 12.8 Å². The van der Waals surface area contributed by atoms with Gasteiger partial charge in [0.2, 0.25) is 0 Å². The number of nitrogens with two attached hydrogens (primary N) is 1. The number of aryl methyl sites for hydroxylation is 1. The van der Waals surface area contributed by atoms with E-state index in [4.69, 9.17) is 5.73 Å².